The summed E-state index contributed by atoms with van der Waals surface area (Å²) >= 11 is 0. The van der Waals surface area contributed by atoms with Crippen LogP contribution in [-0.2, 0) is 21.6 Å². The normalized spacial score (nSPS) is 9.65. The van der Waals surface area contributed by atoms with Crippen molar-refractivity contribution in [2.75, 3.05) is 6.61 Å². The van der Waals surface area contributed by atoms with Crippen molar-refractivity contribution >= 4 is 27.6 Å². The number of rotatable bonds is 5. The van der Waals surface area contributed by atoms with Gasteiger partial charge < -0.3 is 4.74 Å². The van der Waals surface area contributed by atoms with Gasteiger partial charge in [-0.05, 0) is 12.5 Å². The topological polar surface area (TPSA) is 107 Å². The molecule has 0 unspecified atom stereocenters. The number of nitrogens with zero attached hydrogens (tertiary/aromatic N) is 2. The lowest BCUT2D eigenvalue weighted by Crippen LogP contribution is -2.30. The molecule has 0 spiro atoms. The summed E-state index contributed by atoms with van der Waals surface area (Å²) < 4.78 is 26.0. The fourth-order valence-electron chi connectivity index (χ4n) is 1.37. The summed E-state index contributed by atoms with van der Waals surface area (Å²) in [6, 6.07) is 5.41. The number of carbonyl (C=O) groups is 1. The molecule has 0 aliphatic rings. The van der Waals surface area contributed by atoms with Crippen molar-refractivity contribution in [3.63, 3.8) is 0 Å². The van der Waals surface area contributed by atoms with Gasteiger partial charge >= 0.3 is 6.09 Å². The Morgan fingerprint density at radius 3 is 2.45 bits per heavy atom. The number of nitro benzene ring substituents is 1. The quantitative estimate of drug-likeness (QED) is 0.459. The number of nitro groups is 1. The van der Waals surface area contributed by atoms with E-state index in [4.69, 9.17) is 4.74 Å². The highest BCUT2D eigenvalue weighted by Gasteiger charge is 2.14. The van der Waals surface area contributed by atoms with Crippen LogP contribution in [0.1, 0.15) is 12.5 Å². The van der Waals surface area contributed by atoms with E-state index in [-0.39, 0.29) is 18.8 Å². The molecule has 1 aromatic carbocycles. The number of non-ortho nitro benzene ring substituents is 1. The molecule has 0 atom stereocenters. The molecule has 0 saturated carbocycles. The third kappa shape index (κ3) is 4.69. The van der Waals surface area contributed by atoms with Gasteiger partial charge in [-0.15, -0.1) is 0 Å². The van der Waals surface area contributed by atoms with Gasteiger partial charge in [-0.1, -0.05) is 12.1 Å². The third-order valence-electron chi connectivity index (χ3n) is 2.22. The second kappa shape index (κ2) is 7.24. The van der Waals surface area contributed by atoms with Crippen LogP contribution < -0.4 is 0 Å². The molecule has 1 rings (SSSR count). The Balaban J connectivity index is 2.92. The van der Waals surface area contributed by atoms with E-state index in [1.54, 1.807) is 6.92 Å². The number of benzene rings is 1. The summed E-state index contributed by atoms with van der Waals surface area (Å²) in [5, 5.41) is 10.5. The molecule has 9 heteroatoms. The maximum Gasteiger partial charge on any atom is 0.414 e. The minimum Gasteiger partial charge on any atom is -0.449 e. The van der Waals surface area contributed by atoms with E-state index in [1.807, 2.05) is 0 Å². The largest absolute Gasteiger partial charge is 0.449 e. The SMILES string of the molecule is CCOC(=O)N(C=S(=O)=O)Cc1ccc([N+](=O)[O-])cc1. The zero-order chi connectivity index (χ0) is 15.1. The highest BCUT2D eigenvalue weighted by Crippen LogP contribution is 2.13. The Hall–Kier alpha value is -2.42. The molecule has 108 valence electrons. The minimum atomic E-state index is -2.56. The van der Waals surface area contributed by atoms with Crippen molar-refractivity contribution in [2.45, 2.75) is 13.5 Å². The standard InChI is InChI=1S/C11H12N2O6S/c1-2-19-11(14)12(8-20(17)18)7-9-3-5-10(6-4-9)13(15)16/h3-6,8H,2,7H2,1H3. The Morgan fingerprint density at radius 2 is 2.00 bits per heavy atom. The van der Waals surface area contributed by atoms with E-state index in [0.717, 1.165) is 4.90 Å². The van der Waals surface area contributed by atoms with Crippen molar-refractivity contribution in [1.29, 1.82) is 0 Å². The van der Waals surface area contributed by atoms with Gasteiger partial charge in [0, 0.05) is 12.1 Å². The number of ether oxygens (including phenoxy) is 1. The zero-order valence-electron chi connectivity index (χ0n) is 10.6. The van der Waals surface area contributed by atoms with Crippen molar-refractivity contribution < 1.29 is 22.9 Å². The fraction of sp³-hybridized carbons (Fsp3) is 0.273. The van der Waals surface area contributed by atoms with Crippen LogP contribution in [0, 0.1) is 10.1 Å². The summed E-state index contributed by atoms with van der Waals surface area (Å²) in [5.41, 5.74) is 1.14. The average molecular weight is 300 g/mol. The molecule has 0 N–H and O–H groups in total. The summed E-state index contributed by atoms with van der Waals surface area (Å²) in [6.07, 6.45) is -0.810. The molecule has 8 nitrogen and oxygen atoms in total. The monoisotopic (exact) mass is 300 g/mol. The van der Waals surface area contributed by atoms with Crippen molar-refractivity contribution in [1.82, 2.24) is 4.90 Å². The first-order valence-corrected chi connectivity index (χ1v) is 6.67. The zero-order valence-corrected chi connectivity index (χ0v) is 11.4. The first-order chi connectivity index (χ1) is 9.43. The van der Waals surface area contributed by atoms with Gasteiger partial charge in [0.25, 0.3) is 5.69 Å². The van der Waals surface area contributed by atoms with Crippen LogP contribution in [0.4, 0.5) is 10.5 Å². The second-order valence-corrected chi connectivity index (χ2v) is 4.35. The van der Waals surface area contributed by atoms with Crippen LogP contribution in [0.15, 0.2) is 24.3 Å². The summed E-state index contributed by atoms with van der Waals surface area (Å²) in [6.45, 7) is 1.63. The van der Waals surface area contributed by atoms with Crippen molar-refractivity contribution in [3.05, 3.63) is 39.9 Å². The summed E-state index contributed by atoms with van der Waals surface area (Å²) in [7, 11) is -2.56. The first kappa shape index (κ1) is 15.6. The first-order valence-electron chi connectivity index (χ1n) is 5.53. The molecule has 1 aromatic rings. The Bertz CT molecular complexity index is 615. The number of amides is 1. The molecular weight excluding hydrogens is 288 g/mol. The summed E-state index contributed by atoms with van der Waals surface area (Å²) in [4.78, 5) is 22.4. The van der Waals surface area contributed by atoms with E-state index in [1.165, 1.54) is 24.3 Å². The van der Waals surface area contributed by atoms with E-state index >= 15 is 0 Å². The van der Waals surface area contributed by atoms with Crippen LogP contribution in [0.3, 0.4) is 0 Å². The van der Waals surface area contributed by atoms with Crippen LogP contribution in [0.25, 0.3) is 0 Å². The molecule has 0 bridgehead atoms. The van der Waals surface area contributed by atoms with Crippen molar-refractivity contribution in [3.8, 4) is 0 Å². The molecule has 0 aromatic heterocycles. The number of hydrogen-bond donors (Lipinski definition) is 0. The van der Waals surface area contributed by atoms with E-state index in [0.29, 0.717) is 11.1 Å². The predicted molar refractivity (Wildman–Crippen MR) is 70.6 cm³/mol. The fourth-order valence-corrected chi connectivity index (χ4v) is 1.74. The predicted octanol–water partition coefficient (Wildman–Crippen LogP) is 1.19. The Kier molecular flexibility index (Phi) is 5.66. The summed E-state index contributed by atoms with van der Waals surface area (Å²) in [5.74, 6) is 0. The molecule has 0 fully saturated rings. The van der Waals surface area contributed by atoms with Gasteiger partial charge in [0.1, 0.15) is 5.49 Å². The molecule has 0 radical (unpaired) electrons. The van der Waals surface area contributed by atoms with Crippen molar-refractivity contribution in [2.24, 2.45) is 0 Å². The van der Waals surface area contributed by atoms with Gasteiger partial charge in [-0.2, -0.15) is 8.42 Å². The maximum absolute atomic E-state index is 11.5. The van der Waals surface area contributed by atoms with Crippen LogP contribution in [0.2, 0.25) is 0 Å². The number of hydrogen-bond acceptors (Lipinski definition) is 6. The molecular formula is C11H12N2O6S. The Labute approximate surface area is 116 Å². The molecule has 0 aliphatic heterocycles. The van der Waals surface area contributed by atoms with Gasteiger partial charge in [0.2, 0.25) is 10.3 Å². The van der Waals surface area contributed by atoms with Gasteiger partial charge in [-0.25, -0.2) is 4.79 Å². The average Bonchev–Trinajstić information content (AvgIpc) is 2.38. The molecule has 0 aliphatic carbocycles. The second-order valence-electron chi connectivity index (χ2n) is 3.62. The lowest BCUT2D eigenvalue weighted by molar-refractivity contribution is -0.384. The van der Waals surface area contributed by atoms with Crippen LogP contribution in [0.5, 0.6) is 0 Å². The van der Waals surface area contributed by atoms with Crippen LogP contribution >= 0.6 is 0 Å². The van der Waals surface area contributed by atoms with Crippen LogP contribution in [-0.4, -0.2) is 36.4 Å². The maximum atomic E-state index is 11.5. The molecule has 0 heterocycles. The van der Waals surface area contributed by atoms with Gasteiger partial charge in [0.05, 0.1) is 18.1 Å². The lowest BCUT2D eigenvalue weighted by Gasteiger charge is -2.15. The third-order valence-corrected chi connectivity index (χ3v) is 2.64. The molecule has 0 saturated heterocycles. The molecule has 1 amide bonds. The van der Waals surface area contributed by atoms with E-state index in [2.05, 4.69) is 0 Å². The van der Waals surface area contributed by atoms with E-state index in [9.17, 15) is 23.3 Å². The lowest BCUT2D eigenvalue weighted by atomic mass is 10.2. The minimum absolute atomic E-state index is 0.0647. The highest BCUT2D eigenvalue weighted by molar-refractivity contribution is 7.71. The number of carbonyl (C=O) groups excluding carboxylic acids is 1. The highest BCUT2D eigenvalue weighted by atomic mass is 32.2. The Morgan fingerprint density at radius 1 is 1.40 bits per heavy atom. The molecule has 20 heavy (non-hydrogen) atoms. The van der Waals surface area contributed by atoms with Gasteiger partial charge in [0.15, 0.2) is 0 Å². The van der Waals surface area contributed by atoms with E-state index < -0.39 is 21.3 Å². The smallest absolute Gasteiger partial charge is 0.414 e. The van der Waals surface area contributed by atoms with Gasteiger partial charge in [-0.3, -0.25) is 15.0 Å².